The zero-order valence-corrected chi connectivity index (χ0v) is 12.3. The summed E-state index contributed by atoms with van der Waals surface area (Å²) in [5.41, 5.74) is 0.119. The Balaban J connectivity index is 2.09. The Morgan fingerprint density at radius 2 is 2.00 bits per heavy atom. The van der Waals surface area contributed by atoms with E-state index in [0.717, 1.165) is 30.7 Å². The van der Waals surface area contributed by atoms with E-state index in [0.29, 0.717) is 16.4 Å². The van der Waals surface area contributed by atoms with Crippen LogP contribution in [0.4, 0.5) is 18.9 Å². The fourth-order valence-corrected chi connectivity index (χ4v) is 3.09. The first kappa shape index (κ1) is 14.7. The predicted octanol–water partition coefficient (Wildman–Crippen LogP) is 5.46. The second-order valence-corrected chi connectivity index (χ2v) is 6.16. The van der Waals surface area contributed by atoms with Crippen LogP contribution in [0.5, 0.6) is 0 Å². The molecule has 1 nitrogen and oxygen atoms in total. The highest BCUT2D eigenvalue weighted by atomic mass is 79.9. The zero-order valence-electron chi connectivity index (χ0n) is 10.7. The summed E-state index contributed by atoms with van der Waals surface area (Å²) in [6.45, 7) is 2.22. The van der Waals surface area contributed by atoms with Crippen molar-refractivity contribution in [1.82, 2.24) is 0 Å². The zero-order chi connectivity index (χ0) is 14.0. The first-order valence-electron chi connectivity index (χ1n) is 6.49. The third-order valence-electron chi connectivity index (χ3n) is 3.59. The van der Waals surface area contributed by atoms with Gasteiger partial charge in [-0.05, 0) is 52.9 Å². The fraction of sp³-hybridized carbons (Fsp3) is 0.571. The van der Waals surface area contributed by atoms with Crippen molar-refractivity contribution in [2.24, 2.45) is 5.92 Å². The largest absolute Gasteiger partial charge is 0.416 e. The normalized spacial score (nSPS) is 24.3. The molecule has 1 aliphatic carbocycles. The van der Waals surface area contributed by atoms with Crippen LogP contribution in [0.2, 0.25) is 0 Å². The van der Waals surface area contributed by atoms with Crippen LogP contribution < -0.4 is 5.32 Å². The third kappa shape index (κ3) is 3.88. The van der Waals surface area contributed by atoms with Crippen molar-refractivity contribution in [3.05, 3.63) is 28.2 Å². The maximum atomic E-state index is 12.6. The van der Waals surface area contributed by atoms with Gasteiger partial charge in [-0.2, -0.15) is 13.2 Å². The lowest BCUT2D eigenvalue weighted by atomic mass is 9.87. The van der Waals surface area contributed by atoms with Gasteiger partial charge in [0.15, 0.2) is 0 Å². The van der Waals surface area contributed by atoms with Crippen molar-refractivity contribution in [1.29, 1.82) is 0 Å². The lowest BCUT2D eigenvalue weighted by Gasteiger charge is -2.28. The van der Waals surface area contributed by atoms with Crippen LogP contribution in [0.25, 0.3) is 0 Å². The molecule has 1 saturated carbocycles. The molecule has 1 aromatic carbocycles. The summed E-state index contributed by atoms with van der Waals surface area (Å²) in [6.07, 6.45) is 0.287. The average Bonchev–Trinajstić information content (AvgIpc) is 2.30. The number of rotatable bonds is 2. The van der Waals surface area contributed by atoms with Gasteiger partial charge in [-0.3, -0.25) is 0 Å². The van der Waals surface area contributed by atoms with Crippen LogP contribution in [0.15, 0.2) is 22.7 Å². The second-order valence-electron chi connectivity index (χ2n) is 5.31. The minimum Gasteiger partial charge on any atom is -0.381 e. The molecule has 1 aliphatic rings. The van der Waals surface area contributed by atoms with Gasteiger partial charge in [0.1, 0.15) is 0 Å². The fourth-order valence-electron chi connectivity index (χ4n) is 2.59. The van der Waals surface area contributed by atoms with Gasteiger partial charge < -0.3 is 5.32 Å². The molecule has 19 heavy (non-hydrogen) atoms. The number of anilines is 1. The van der Waals surface area contributed by atoms with Crippen LogP contribution in [0, 0.1) is 5.92 Å². The molecule has 2 unspecified atom stereocenters. The molecule has 106 valence electrons. The number of alkyl halides is 3. The van der Waals surface area contributed by atoms with Crippen molar-refractivity contribution >= 4 is 21.6 Å². The highest BCUT2D eigenvalue weighted by Gasteiger charge is 2.31. The molecule has 0 saturated heterocycles. The van der Waals surface area contributed by atoms with E-state index in [1.165, 1.54) is 18.9 Å². The maximum absolute atomic E-state index is 12.6. The molecule has 1 N–H and O–H groups in total. The topological polar surface area (TPSA) is 12.0 Å². The summed E-state index contributed by atoms with van der Waals surface area (Å²) in [5.74, 6) is 0.680. The summed E-state index contributed by atoms with van der Waals surface area (Å²) in [7, 11) is 0. The number of halogens is 4. The van der Waals surface area contributed by atoms with Crippen molar-refractivity contribution in [3.8, 4) is 0 Å². The Kier molecular flexibility index (Phi) is 4.43. The summed E-state index contributed by atoms with van der Waals surface area (Å²) in [5, 5.41) is 3.34. The molecular formula is C14H17BrF3N. The molecule has 0 spiro atoms. The summed E-state index contributed by atoms with van der Waals surface area (Å²) in [4.78, 5) is 0. The van der Waals surface area contributed by atoms with Crippen LogP contribution >= 0.6 is 15.9 Å². The Hall–Kier alpha value is -0.710. The maximum Gasteiger partial charge on any atom is 0.416 e. The summed E-state index contributed by atoms with van der Waals surface area (Å²) in [6, 6.07) is 4.12. The number of nitrogens with one attached hydrogen (secondary N) is 1. The molecule has 2 rings (SSSR count). The van der Waals surface area contributed by atoms with Crippen LogP contribution in [0.1, 0.15) is 38.2 Å². The molecule has 0 aliphatic heterocycles. The molecular weight excluding hydrogens is 319 g/mol. The van der Waals surface area contributed by atoms with Gasteiger partial charge in [-0.1, -0.05) is 19.8 Å². The smallest absolute Gasteiger partial charge is 0.381 e. The van der Waals surface area contributed by atoms with Gasteiger partial charge >= 0.3 is 6.18 Å². The van der Waals surface area contributed by atoms with E-state index in [-0.39, 0.29) is 0 Å². The van der Waals surface area contributed by atoms with Crippen molar-refractivity contribution in [2.75, 3.05) is 5.32 Å². The summed E-state index contributed by atoms with van der Waals surface area (Å²) < 4.78 is 38.2. The Morgan fingerprint density at radius 1 is 1.26 bits per heavy atom. The van der Waals surface area contributed by atoms with Crippen molar-refractivity contribution < 1.29 is 13.2 Å². The Morgan fingerprint density at radius 3 is 2.58 bits per heavy atom. The minimum atomic E-state index is -4.29. The molecule has 2 atom stereocenters. The third-order valence-corrected chi connectivity index (χ3v) is 4.25. The highest BCUT2D eigenvalue weighted by molar-refractivity contribution is 9.10. The lowest BCUT2D eigenvalue weighted by molar-refractivity contribution is -0.137. The monoisotopic (exact) mass is 335 g/mol. The standard InChI is InChI=1S/C14H17BrF3N/c1-9-3-2-4-11(7-9)19-13-6-5-10(8-12(13)15)14(16,17)18/h5-6,8-9,11,19H,2-4,7H2,1H3. The average molecular weight is 336 g/mol. The van der Waals surface area contributed by atoms with E-state index in [4.69, 9.17) is 0 Å². The number of hydrogen-bond donors (Lipinski definition) is 1. The molecule has 1 fully saturated rings. The van der Waals surface area contributed by atoms with E-state index in [2.05, 4.69) is 28.2 Å². The van der Waals surface area contributed by atoms with E-state index in [1.807, 2.05) is 0 Å². The molecule has 0 amide bonds. The molecule has 1 aromatic rings. The molecule has 0 bridgehead atoms. The molecule has 0 heterocycles. The second kappa shape index (κ2) is 5.73. The van der Waals surface area contributed by atoms with Gasteiger partial charge in [-0.15, -0.1) is 0 Å². The van der Waals surface area contributed by atoms with Gasteiger partial charge in [-0.25, -0.2) is 0 Å². The highest BCUT2D eigenvalue weighted by Crippen LogP contribution is 2.35. The van der Waals surface area contributed by atoms with Gasteiger partial charge in [0.25, 0.3) is 0 Å². The van der Waals surface area contributed by atoms with Gasteiger partial charge in [0, 0.05) is 16.2 Å². The van der Waals surface area contributed by atoms with Gasteiger partial charge in [0.2, 0.25) is 0 Å². The number of hydrogen-bond acceptors (Lipinski definition) is 1. The van der Waals surface area contributed by atoms with Crippen LogP contribution in [-0.4, -0.2) is 6.04 Å². The SMILES string of the molecule is CC1CCCC(Nc2ccc(C(F)(F)F)cc2Br)C1. The first-order valence-corrected chi connectivity index (χ1v) is 7.29. The van der Waals surface area contributed by atoms with Crippen LogP contribution in [0.3, 0.4) is 0 Å². The minimum absolute atomic E-state index is 0.358. The summed E-state index contributed by atoms with van der Waals surface area (Å²) >= 11 is 3.22. The van der Waals surface area contributed by atoms with E-state index in [1.54, 1.807) is 0 Å². The van der Waals surface area contributed by atoms with Gasteiger partial charge in [0.05, 0.1) is 5.56 Å². The molecule has 0 aromatic heterocycles. The van der Waals surface area contributed by atoms with E-state index < -0.39 is 11.7 Å². The van der Waals surface area contributed by atoms with E-state index >= 15 is 0 Å². The lowest BCUT2D eigenvalue weighted by Crippen LogP contribution is -2.26. The quantitative estimate of drug-likeness (QED) is 0.756. The predicted molar refractivity (Wildman–Crippen MR) is 74.2 cm³/mol. The van der Waals surface area contributed by atoms with Crippen LogP contribution in [-0.2, 0) is 6.18 Å². The van der Waals surface area contributed by atoms with E-state index in [9.17, 15) is 13.2 Å². The molecule has 5 heteroatoms. The number of benzene rings is 1. The Labute approximate surface area is 119 Å². The van der Waals surface area contributed by atoms with Crippen molar-refractivity contribution in [3.63, 3.8) is 0 Å². The Bertz CT molecular complexity index is 445. The molecule has 0 radical (unpaired) electrons. The first-order chi connectivity index (χ1) is 8.86. The van der Waals surface area contributed by atoms with Crippen molar-refractivity contribution in [2.45, 2.75) is 44.8 Å².